The molecule has 5 heteroatoms. The van der Waals surface area contributed by atoms with Crippen LogP contribution in [0.25, 0.3) is 22.5 Å². The number of nitrogens with zero attached hydrogens (tertiary/aromatic N) is 1. The van der Waals surface area contributed by atoms with Gasteiger partial charge in [0, 0.05) is 29.6 Å². The third-order valence-corrected chi connectivity index (χ3v) is 3.89. The molecule has 1 N–H and O–H groups in total. The van der Waals surface area contributed by atoms with Gasteiger partial charge in [0.2, 0.25) is 5.76 Å². The molecule has 3 aromatic heterocycles. The highest BCUT2D eigenvalue weighted by Gasteiger charge is 2.14. The van der Waals surface area contributed by atoms with E-state index in [1.165, 1.54) is 0 Å². The summed E-state index contributed by atoms with van der Waals surface area (Å²) in [6.45, 7) is 2.70. The van der Waals surface area contributed by atoms with E-state index in [0.29, 0.717) is 18.1 Å². The zero-order valence-electron chi connectivity index (χ0n) is 12.7. The summed E-state index contributed by atoms with van der Waals surface area (Å²) in [5.74, 6) is 1.31. The van der Waals surface area contributed by atoms with Crippen LogP contribution in [-0.2, 0) is 6.54 Å². The average molecular weight is 308 g/mol. The Morgan fingerprint density at radius 3 is 2.87 bits per heavy atom. The monoisotopic (exact) mass is 308 g/mol. The van der Waals surface area contributed by atoms with Crippen molar-refractivity contribution in [1.82, 2.24) is 10.5 Å². The smallest absolute Gasteiger partial charge is 0.202 e. The Kier molecular flexibility index (Phi) is 3.48. The maximum Gasteiger partial charge on any atom is 0.202 e. The van der Waals surface area contributed by atoms with Gasteiger partial charge in [-0.25, -0.2) is 0 Å². The molecule has 0 saturated carbocycles. The van der Waals surface area contributed by atoms with Crippen LogP contribution in [-0.4, -0.2) is 5.16 Å². The zero-order valence-corrected chi connectivity index (χ0v) is 12.7. The zero-order chi connectivity index (χ0) is 15.6. The van der Waals surface area contributed by atoms with Crippen molar-refractivity contribution in [2.75, 3.05) is 0 Å². The van der Waals surface area contributed by atoms with Crippen LogP contribution in [0.4, 0.5) is 0 Å². The van der Waals surface area contributed by atoms with E-state index in [-0.39, 0.29) is 6.04 Å². The van der Waals surface area contributed by atoms with Crippen LogP contribution >= 0.6 is 0 Å². The van der Waals surface area contributed by atoms with Crippen LogP contribution in [0.1, 0.15) is 24.2 Å². The maximum absolute atomic E-state index is 5.59. The van der Waals surface area contributed by atoms with Crippen LogP contribution in [0, 0.1) is 0 Å². The lowest BCUT2D eigenvalue weighted by molar-refractivity contribution is 0.405. The van der Waals surface area contributed by atoms with E-state index in [0.717, 1.165) is 22.2 Å². The van der Waals surface area contributed by atoms with E-state index in [1.807, 2.05) is 36.4 Å². The fraction of sp³-hybridized carbons (Fsp3) is 0.167. The Hall–Kier alpha value is -2.79. The van der Waals surface area contributed by atoms with Crippen molar-refractivity contribution in [3.63, 3.8) is 0 Å². The molecule has 4 rings (SSSR count). The second kappa shape index (κ2) is 5.78. The molecule has 0 bridgehead atoms. The SMILES string of the molecule is CC(NCc1cc(-c2ccco2)on1)c1coc2ccccc12. The second-order valence-corrected chi connectivity index (χ2v) is 5.45. The van der Waals surface area contributed by atoms with Crippen molar-refractivity contribution in [3.05, 3.63) is 66.2 Å². The minimum atomic E-state index is 0.141. The lowest BCUT2D eigenvalue weighted by Gasteiger charge is -2.11. The van der Waals surface area contributed by atoms with E-state index in [2.05, 4.69) is 23.5 Å². The van der Waals surface area contributed by atoms with Gasteiger partial charge in [-0.05, 0) is 25.1 Å². The molecule has 0 fully saturated rings. The summed E-state index contributed by atoms with van der Waals surface area (Å²) in [6.07, 6.45) is 3.42. The van der Waals surface area contributed by atoms with Crippen molar-refractivity contribution >= 4 is 11.0 Å². The van der Waals surface area contributed by atoms with E-state index >= 15 is 0 Å². The van der Waals surface area contributed by atoms with Gasteiger partial charge in [-0.3, -0.25) is 0 Å². The molecule has 3 heterocycles. The minimum Gasteiger partial charge on any atom is -0.464 e. The minimum absolute atomic E-state index is 0.141. The molecular weight excluding hydrogens is 292 g/mol. The molecule has 1 aromatic carbocycles. The van der Waals surface area contributed by atoms with E-state index < -0.39 is 0 Å². The Morgan fingerprint density at radius 2 is 2.00 bits per heavy atom. The van der Waals surface area contributed by atoms with Crippen LogP contribution in [0.3, 0.4) is 0 Å². The highest BCUT2D eigenvalue weighted by Crippen LogP contribution is 2.26. The summed E-state index contributed by atoms with van der Waals surface area (Å²) in [5.41, 5.74) is 2.86. The predicted octanol–water partition coefficient (Wildman–Crippen LogP) is 4.53. The van der Waals surface area contributed by atoms with Gasteiger partial charge in [-0.2, -0.15) is 0 Å². The first-order valence-corrected chi connectivity index (χ1v) is 7.50. The second-order valence-electron chi connectivity index (χ2n) is 5.45. The standard InChI is InChI=1S/C18H16N2O3/c1-12(15-11-22-16-6-3-2-5-14(15)16)19-10-13-9-18(23-20-13)17-7-4-8-21-17/h2-9,11-12,19H,10H2,1H3. The molecule has 0 aliphatic carbocycles. The van der Waals surface area contributed by atoms with Gasteiger partial charge in [0.15, 0.2) is 5.76 Å². The molecule has 0 radical (unpaired) electrons. The van der Waals surface area contributed by atoms with Gasteiger partial charge in [0.1, 0.15) is 5.58 Å². The van der Waals surface area contributed by atoms with Gasteiger partial charge in [0.05, 0.1) is 18.2 Å². The van der Waals surface area contributed by atoms with Crippen LogP contribution < -0.4 is 5.32 Å². The number of hydrogen-bond donors (Lipinski definition) is 1. The van der Waals surface area contributed by atoms with E-state index in [1.54, 1.807) is 12.5 Å². The van der Waals surface area contributed by atoms with Crippen LogP contribution in [0.2, 0.25) is 0 Å². The van der Waals surface area contributed by atoms with Crippen molar-refractivity contribution in [2.45, 2.75) is 19.5 Å². The number of para-hydroxylation sites is 1. The Bertz CT molecular complexity index is 905. The third kappa shape index (κ3) is 2.66. The first-order chi connectivity index (χ1) is 11.3. The number of benzene rings is 1. The number of nitrogens with one attached hydrogen (secondary N) is 1. The summed E-state index contributed by atoms with van der Waals surface area (Å²) in [4.78, 5) is 0. The molecule has 0 amide bonds. The number of aromatic nitrogens is 1. The van der Waals surface area contributed by atoms with E-state index in [9.17, 15) is 0 Å². The third-order valence-electron chi connectivity index (χ3n) is 3.89. The normalized spacial score (nSPS) is 12.7. The van der Waals surface area contributed by atoms with Crippen molar-refractivity contribution in [3.8, 4) is 11.5 Å². The lowest BCUT2D eigenvalue weighted by atomic mass is 10.1. The molecule has 0 spiro atoms. The lowest BCUT2D eigenvalue weighted by Crippen LogP contribution is -2.17. The fourth-order valence-electron chi connectivity index (χ4n) is 2.63. The summed E-state index contributed by atoms with van der Waals surface area (Å²) in [6, 6.07) is 13.7. The Morgan fingerprint density at radius 1 is 1.09 bits per heavy atom. The van der Waals surface area contributed by atoms with Gasteiger partial charge >= 0.3 is 0 Å². The Labute approximate surface area is 132 Å². The molecule has 5 nitrogen and oxygen atoms in total. The number of fused-ring (bicyclic) bond motifs is 1. The summed E-state index contributed by atoms with van der Waals surface area (Å²) >= 11 is 0. The first-order valence-electron chi connectivity index (χ1n) is 7.50. The first kappa shape index (κ1) is 13.8. The van der Waals surface area contributed by atoms with Crippen molar-refractivity contribution < 1.29 is 13.4 Å². The summed E-state index contributed by atoms with van der Waals surface area (Å²) in [7, 11) is 0. The molecule has 116 valence electrons. The molecule has 0 saturated heterocycles. The molecule has 1 unspecified atom stereocenters. The van der Waals surface area contributed by atoms with Crippen molar-refractivity contribution in [1.29, 1.82) is 0 Å². The number of rotatable bonds is 5. The fourth-order valence-corrected chi connectivity index (χ4v) is 2.63. The largest absolute Gasteiger partial charge is 0.464 e. The topological polar surface area (TPSA) is 64.3 Å². The average Bonchev–Trinajstić information content (AvgIpc) is 3.31. The van der Waals surface area contributed by atoms with Gasteiger partial charge < -0.3 is 18.7 Å². The maximum atomic E-state index is 5.59. The highest BCUT2D eigenvalue weighted by atomic mass is 16.5. The molecule has 23 heavy (non-hydrogen) atoms. The Balaban J connectivity index is 1.46. The predicted molar refractivity (Wildman–Crippen MR) is 85.7 cm³/mol. The summed E-state index contributed by atoms with van der Waals surface area (Å²) < 4.78 is 16.2. The van der Waals surface area contributed by atoms with Crippen LogP contribution in [0.15, 0.2) is 68.3 Å². The highest BCUT2D eigenvalue weighted by molar-refractivity contribution is 5.81. The summed E-state index contributed by atoms with van der Waals surface area (Å²) in [5, 5.41) is 8.63. The number of hydrogen-bond acceptors (Lipinski definition) is 5. The van der Waals surface area contributed by atoms with Gasteiger partial charge in [0.25, 0.3) is 0 Å². The van der Waals surface area contributed by atoms with Gasteiger partial charge in [-0.15, -0.1) is 0 Å². The molecule has 4 aromatic rings. The van der Waals surface area contributed by atoms with Gasteiger partial charge in [-0.1, -0.05) is 23.4 Å². The molecule has 0 aliphatic rings. The van der Waals surface area contributed by atoms with E-state index in [4.69, 9.17) is 13.4 Å². The molecular formula is C18H16N2O3. The van der Waals surface area contributed by atoms with Crippen molar-refractivity contribution in [2.24, 2.45) is 0 Å². The van der Waals surface area contributed by atoms with Crippen LogP contribution in [0.5, 0.6) is 0 Å². The molecule has 0 aliphatic heterocycles. The number of furan rings is 2. The quantitative estimate of drug-likeness (QED) is 0.586. The molecule has 1 atom stereocenters.